The number of benzene rings is 1. The SMILES string of the molecule is Cc1ccc(N2CCC(Nc3nc(Nc4ccc5c(C)n(C)nc5c4)ncc3Cl)CC2)nn1. The second kappa shape index (κ2) is 8.82. The Bertz CT molecular complexity index is 1280. The molecule has 0 spiro atoms. The highest BCUT2D eigenvalue weighted by atomic mass is 35.5. The minimum absolute atomic E-state index is 0.271. The zero-order valence-corrected chi connectivity index (χ0v) is 19.6. The van der Waals surface area contributed by atoms with Gasteiger partial charge in [-0.25, -0.2) is 4.98 Å². The molecule has 5 rings (SSSR count). The molecule has 4 aromatic rings. The van der Waals surface area contributed by atoms with Gasteiger partial charge in [0, 0.05) is 42.9 Å². The Labute approximate surface area is 197 Å². The number of piperidine rings is 1. The summed E-state index contributed by atoms with van der Waals surface area (Å²) in [6, 6.07) is 10.4. The molecule has 33 heavy (non-hydrogen) atoms. The van der Waals surface area contributed by atoms with Crippen molar-refractivity contribution in [3.05, 3.63) is 52.9 Å². The lowest BCUT2D eigenvalue weighted by atomic mass is 10.1. The van der Waals surface area contributed by atoms with Crippen LogP contribution < -0.4 is 15.5 Å². The van der Waals surface area contributed by atoms with Crippen LogP contribution in [0.5, 0.6) is 0 Å². The van der Waals surface area contributed by atoms with Crippen molar-refractivity contribution in [3.8, 4) is 0 Å². The molecule has 10 heteroatoms. The number of hydrogen-bond donors (Lipinski definition) is 2. The molecular formula is C23H26ClN9. The highest BCUT2D eigenvalue weighted by molar-refractivity contribution is 6.32. The van der Waals surface area contributed by atoms with E-state index in [1.54, 1.807) is 6.20 Å². The summed E-state index contributed by atoms with van der Waals surface area (Å²) >= 11 is 6.40. The van der Waals surface area contributed by atoms with Gasteiger partial charge in [-0.2, -0.15) is 15.2 Å². The monoisotopic (exact) mass is 463 g/mol. The van der Waals surface area contributed by atoms with Gasteiger partial charge in [-0.1, -0.05) is 11.6 Å². The molecule has 170 valence electrons. The molecular weight excluding hydrogens is 438 g/mol. The highest BCUT2D eigenvalue weighted by Gasteiger charge is 2.21. The highest BCUT2D eigenvalue weighted by Crippen LogP contribution is 2.27. The van der Waals surface area contributed by atoms with E-state index in [9.17, 15) is 0 Å². The smallest absolute Gasteiger partial charge is 0.229 e. The Hall–Kier alpha value is -3.46. The maximum Gasteiger partial charge on any atom is 0.229 e. The van der Waals surface area contributed by atoms with E-state index in [1.165, 1.54) is 0 Å². The molecule has 4 heterocycles. The molecule has 0 amide bonds. The molecule has 3 aromatic heterocycles. The van der Waals surface area contributed by atoms with Gasteiger partial charge in [-0.05, 0) is 57.0 Å². The fraction of sp³-hybridized carbons (Fsp3) is 0.348. The molecule has 0 atom stereocenters. The molecule has 0 bridgehead atoms. The molecule has 1 aliphatic heterocycles. The van der Waals surface area contributed by atoms with Crippen molar-refractivity contribution in [2.24, 2.45) is 7.05 Å². The van der Waals surface area contributed by atoms with E-state index in [-0.39, 0.29) is 6.04 Å². The summed E-state index contributed by atoms with van der Waals surface area (Å²) in [6.07, 6.45) is 3.53. The van der Waals surface area contributed by atoms with Crippen LogP contribution in [0.4, 0.5) is 23.3 Å². The molecule has 0 aliphatic carbocycles. The van der Waals surface area contributed by atoms with Crippen LogP contribution >= 0.6 is 11.6 Å². The minimum atomic E-state index is 0.271. The van der Waals surface area contributed by atoms with Crippen LogP contribution in [0.1, 0.15) is 24.2 Å². The van der Waals surface area contributed by atoms with E-state index in [0.29, 0.717) is 16.8 Å². The van der Waals surface area contributed by atoms with Crippen LogP contribution in [0.3, 0.4) is 0 Å². The Morgan fingerprint density at radius 2 is 1.88 bits per heavy atom. The van der Waals surface area contributed by atoms with E-state index in [1.807, 2.05) is 42.9 Å². The van der Waals surface area contributed by atoms with Gasteiger partial charge >= 0.3 is 0 Å². The van der Waals surface area contributed by atoms with Crippen molar-refractivity contribution in [2.45, 2.75) is 32.7 Å². The second-order valence-corrected chi connectivity index (χ2v) is 8.80. The molecule has 0 saturated carbocycles. The molecule has 1 fully saturated rings. The zero-order chi connectivity index (χ0) is 22.9. The maximum atomic E-state index is 6.40. The predicted octanol–water partition coefficient (Wildman–Crippen LogP) is 4.25. The molecule has 0 radical (unpaired) electrons. The fourth-order valence-electron chi connectivity index (χ4n) is 4.07. The van der Waals surface area contributed by atoms with E-state index in [0.717, 1.165) is 59.7 Å². The number of aryl methyl sites for hydroxylation is 3. The molecule has 9 nitrogen and oxygen atoms in total. The first kappa shape index (κ1) is 21.4. The van der Waals surface area contributed by atoms with Gasteiger partial charge in [0.25, 0.3) is 0 Å². The average Bonchev–Trinajstić information content (AvgIpc) is 3.10. The van der Waals surface area contributed by atoms with Gasteiger partial charge in [0.2, 0.25) is 5.95 Å². The standard InChI is InChI=1S/C23H26ClN9/c1-14-4-7-21(30-29-14)33-10-8-16(9-11-33)26-22-19(24)13-25-23(28-22)27-17-5-6-18-15(2)32(3)31-20(18)12-17/h4-7,12-13,16H,8-11H2,1-3H3,(H2,25,26,27,28). The van der Waals surface area contributed by atoms with Crippen LogP contribution in [-0.4, -0.2) is 49.1 Å². The third kappa shape index (κ3) is 4.54. The van der Waals surface area contributed by atoms with Crippen LogP contribution in [0, 0.1) is 13.8 Å². The lowest BCUT2D eigenvalue weighted by molar-refractivity contribution is 0.521. The quantitative estimate of drug-likeness (QED) is 0.453. The summed E-state index contributed by atoms with van der Waals surface area (Å²) in [5.41, 5.74) is 3.86. The van der Waals surface area contributed by atoms with Crippen LogP contribution in [0.15, 0.2) is 36.5 Å². The molecule has 0 unspecified atom stereocenters. The zero-order valence-electron chi connectivity index (χ0n) is 18.9. The number of nitrogens with zero attached hydrogens (tertiary/aromatic N) is 7. The number of halogens is 1. The number of nitrogens with one attached hydrogen (secondary N) is 2. The first-order valence-electron chi connectivity index (χ1n) is 11.0. The average molecular weight is 464 g/mol. The number of anilines is 4. The summed E-state index contributed by atoms with van der Waals surface area (Å²) in [5, 5.41) is 21.4. The van der Waals surface area contributed by atoms with Crippen molar-refractivity contribution in [2.75, 3.05) is 28.6 Å². The maximum absolute atomic E-state index is 6.40. The van der Waals surface area contributed by atoms with Crippen molar-refractivity contribution in [3.63, 3.8) is 0 Å². The summed E-state index contributed by atoms with van der Waals surface area (Å²) in [5.74, 6) is 2.05. The Kier molecular flexibility index (Phi) is 5.72. The molecule has 1 aromatic carbocycles. The Balaban J connectivity index is 1.25. The first-order chi connectivity index (χ1) is 16.0. The fourth-order valence-corrected chi connectivity index (χ4v) is 4.22. The van der Waals surface area contributed by atoms with Gasteiger partial charge in [0.15, 0.2) is 11.6 Å². The summed E-state index contributed by atoms with van der Waals surface area (Å²) in [6.45, 7) is 5.79. The van der Waals surface area contributed by atoms with Crippen LogP contribution in [0.25, 0.3) is 10.9 Å². The lowest BCUT2D eigenvalue weighted by Gasteiger charge is -2.33. The van der Waals surface area contributed by atoms with E-state index in [4.69, 9.17) is 11.6 Å². The number of hydrogen-bond acceptors (Lipinski definition) is 8. The topological polar surface area (TPSA) is 96.7 Å². The summed E-state index contributed by atoms with van der Waals surface area (Å²) < 4.78 is 1.88. The van der Waals surface area contributed by atoms with E-state index >= 15 is 0 Å². The largest absolute Gasteiger partial charge is 0.366 e. The Morgan fingerprint density at radius 3 is 2.64 bits per heavy atom. The third-order valence-corrected chi connectivity index (χ3v) is 6.35. The molecule has 1 aliphatic rings. The second-order valence-electron chi connectivity index (χ2n) is 8.39. The summed E-state index contributed by atoms with van der Waals surface area (Å²) in [4.78, 5) is 11.2. The van der Waals surface area contributed by atoms with Crippen molar-refractivity contribution in [1.29, 1.82) is 0 Å². The van der Waals surface area contributed by atoms with E-state index in [2.05, 4.69) is 53.8 Å². The van der Waals surface area contributed by atoms with Gasteiger partial charge in [-0.3, -0.25) is 4.68 Å². The Morgan fingerprint density at radius 1 is 1.06 bits per heavy atom. The molecule has 2 N–H and O–H groups in total. The van der Waals surface area contributed by atoms with Crippen LogP contribution in [-0.2, 0) is 7.05 Å². The molecule has 1 saturated heterocycles. The van der Waals surface area contributed by atoms with Crippen molar-refractivity contribution in [1.82, 2.24) is 29.9 Å². The number of fused-ring (bicyclic) bond motifs is 1. The minimum Gasteiger partial charge on any atom is -0.366 e. The first-order valence-corrected chi connectivity index (χ1v) is 11.4. The van der Waals surface area contributed by atoms with Crippen molar-refractivity contribution >= 4 is 45.8 Å². The van der Waals surface area contributed by atoms with Gasteiger partial charge < -0.3 is 15.5 Å². The van der Waals surface area contributed by atoms with Gasteiger partial charge in [0.1, 0.15) is 5.02 Å². The number of rotatable bonds is 5. The third-order valence-electron chi connectivity index (χ3n) is 6.07. The van der Waals surface area contributed by atoms with Gasteiger partial charge in [-0.15, -0.1) is 5.10 Å². The lowest BCUT2D eigenvalue weighted by Crippen LogP contribution is -2.39. The predicted molar refractivity (Wildman–Crippen MR) is 131 cm³/mol. The number of aromatic nitrogens is 6. The van der Waals surface area contributed by atoms with E-state index < -0.39 is 0 Å². The van der Waals surface area contributed by atoms with Gasteiger partial charge in [0.05, 0.1) is 17.4 Å². The van der Waals surface area contributed by atoms with Crippen LogP contribution in [0.2, 0.25) is 5.02 Å². The summed E-state index contributed by atoms with van der Waals surface area (Å²) in [7, 11) is 1.95. The van der Waals surface area contributed by atoms with Crippen molar-refractivity contribution < 1.29 is 0 Å². The normalized spacial score (nSPS) is 14.6.